The van der Waals surface area contributed by atoms with E-state index in [-0.39, 0.29) is 6.10 Å². The Balaban J connectivity index is 2.20. The largest absolute Gasteiger partial charge is 0.391 e. The summed E-state index contributed by atoms with van der Waals surface area (Å²) in [4.78, 5) is 2.33. The molecule has 2 nitrogen and oxygen atoms in total. The lowest BCUT2D eigenvalue weighted by atomic mass is 10.1. The van der Waals surface area contributed by atoms with Crippen molar-refractivity contribution >= 4 is 0 Å². The van der Waals surface area contributed by atoms with Crippen LogP contribution in [-0.2, 0) is 0 Å². The maximum Gasteiger partial charge on any atom is 0.0745 e. The van der Waals surface area contributed by atoms with Crippen LogP contribution in [0, 0.1) is 0 Å². The molecule has 2 atom stereocenters. The summed E-state index contributed by atoms with van der Waals surface area (Å²) in [6.45, 7) is 4.23. The SMILES string of the molecule is CC1=CCN2CC[C@@H](O)[C@@H]12. The van der Waals surface area contributed by atoms with Crippen molar-refractivity contribution in [3.05, 3.63) is 11.6 Å². The third-order valence-electron chi connectivity index (χ3n) is 2.58. The van der Waals surface area contributed by atoms with Crippen molar-refractivity contribution in [1.29, 1.82) is 0 Å². The zero-order valence-electron chi connectivity index (χ0n) is 6.25. The first-order valence-electron chi connectivity index (χ1n) is 3.88. The van der Waals surface area contributed by atoms with Crippen molar-refractivity contribution in [2.24, 2.45) is 0 Å². The quantitative estimate of drug-likeness (QED) is 0.490. The van der Waals surface area contributed by atoms with Gasteiger partial charge in [0.15, 0.2) is 0 Å². The van der Waals surface area contributed by atoms with Gasteiger partial charge in [0.1, 0.15) is 0 Å². The van der Waals surface area contributed by atoms with E-state index < -0.39 is 0 Å². The van der Waals surface area contributed by atoms with Crippen LogP contribution in [0.5, 0.6) is 0 Å². The Morgan fingerprint density at radius 3 is 3.20 bits per heavy atom. The molecule has 56 valence electrons. The van der Waals surface area contributed by atoms with Crippen LogP contribution in [-0.4, -0.2) is 35.2 Å². The van der Waals surface area contributed by atoms with Crippen LogP contribution < -0.4 is 0 Å². The molecular formula is C8H13NO. The highest BCUT2D eigenvalue weighted by Crippen LogP contribution is 2.28. The molecule has 0 saturated carbocycles. The van der Waals surface area contributed by atoms with Gasteiger partial charge in [-0.15, -0.1) is 0 Å². The summed E-state index contributed by atoms with van der Waals surface area (Å²) in [6.07, 6.45) is 3.07. The molecule has 10 heavy (non-hydrogen) atoms. The van der Waals surface area contributed by atoms with Crippen molar-refractivity contribution in [2.45, 2.75) is 25.5 Å². The second-order valence-electron chi connectivity index (χ2n) is 3.24. The highest BCUT2D eigenvalue weighted by atomic mass is 16.3. The molecule has 1 N–H and O–H groups in total. The Morgan fingerprint density at radius 1 is 1.70 bits per heavy atom. The molecule has 1 fully saturated rings. The summed E-state index contributed by atoms with van der Waals surface area (Å²) in [7, 11) is 0. The lowest BCUT2D eigenvalue weighted by Gasteiger charge is -2.18. The van der Waals surface area contributed by atoms with Gasteiger partial charge >= 0.3 is 0 Å². The van der Waals surface area contributed by atoms with Gasteiger partial charge in [-0.3, -0.25) is 4.90 Å². The van der Waals surface area contributed by atoms with Crippen LogP contribution in [0.4, 0.5) is 0 Å². The Kier molecular flexibility index (Phi) is 1.32. The number of hydrogen-bond donors (Lipinski definition) is 1. The maximum absolute atomic E-state index is 9.49. The highest BCUT2D eigenvalue weighted by molar-refractivity contribution is 5.20. The Bertz CT molecular complexity index is 176. The fourth-order valence-electron chi connectivity index (χ4n) is 2.02. The van der Waals surface area contributed by atoms with Crippen molar-refractivity contribution < 1.29 is 5.11 Å². The van der Waals surface area contributed by atoms with Crippen molar-refractivity contribution in [3.8, 4) is 0 Å². The molecule has 0 aliphatic carbocycles. The Hall–Kier alpha value is -0.340. The second kappa shape index (κ2) is 2.07. The third kappa shape index (κ3) is 0.724. The molecule has 1 saturated heterocycles. The average Bonchev–Trinajstić information content (AvgIpc) is 2.40. The molecule has 0 amide bonds. The monoisotopic (exact) mass is 139 g/mol. The van der Waals surface area contributed by atoms with Gasteiger partial charge in [0.25, 0.3) is 0 Å². The van der Waals surface area contributed by atoms with Crippen molar-refractivity contribution in [3.63, 3.8) is 0 Å². The maximum atomic E-state index is 9.49. The molecule has 2 aliphatic heterocycles. The smallest absolute Gasteiger partial charge is 0.0745 e. The predicted octanol–water partition coefficient (Wildman–Crippen LogP) is 0.382. The van der Waals surface area contributed by atoms with Gasteiger partial charge in [-0.2, -0.15) is 0 Å². The molecule has 0 aromatic rings. The van der Waals surface area contributed by atoms with Crippen LogP contribution in [0.25, 0.3) is 0 Å². The molecule has 0 aromatic heterocycles. The molecule has 2 heteroatoms. The summed E-state index contributed by atoms with van der Waals surface area (Å²) >= 11 is 0. The van der Waals surface area contributed by atoms with Crippen LogP contribution in [0.15, 0.2) is 11.6 Å². The number of fused-ring (bicyclic) bond motifs is 1. The molecule has 0 aromatic carbocycles. The first-order chi connectivity index (χ1) is 4.79. The fraction of sp³-hybridized carbons (Fsp3) is 0.750. The van der Waals surface area contributed by atoms with Gasteiger partial charge in [-0.25, -0.2) is 0 Å². The lowest BCUT2D eigenvalue weighted by molar-refractivity contribution is 0.147. The van der Waals surface area contributed by atoms with E-state index in [1.807, 2.05) is 0 Å². The second-order valence-corrected chi connectivity index (χ2v) is 3.24. The lowest BCUT2D eigenvalue weighted by Crippen LogP contribution is -2.31. The summed E-state index contributed by atoms with van der Waals surface area (Å²) in [5.41, 5.74) is 1.35. The van der Waals surface area contributed by atoms with Gasteiger partial charge in [0.05, 0.1) is 12.1 Å². The number of rotatable bonds is 0. The minimum absolute atomic E-state index is 0.0984. The highest BCUT2D eigenvalue weighted by Gasteiger charge is 2.36. The summed E-state index contributed by atoms with van der Waals surface area (Å²) in [5, 5.41) is 9.49. The predicted molar refractivity (Wildman–Crippen MR) is 39.7 cm³/mol. The third-order valence-corrected chi connectivity index (χ3v) is 2.58. The standard InChI is InChI=1S/C8H13NO/c1-6-2-4-9-5-3-7(10)8(6)9/h2,7-8,10H,3-5H2,1H3/t7-,8-/m1/s1. The molecule has 0 radical (unpaired) electrons. The molecular weight excluding hydrogens is 126 g/mol. The van der Waals surface area contributed by atoms with Crippen LogP contribution >= 0.6 is 0 Å². The Morgan fingerprint density at radius 2 is 2.50 bits per heavy atom. The first kappa shape index (κ1) is 6.38. The summed E-state index contributed by atoms with van der Waals surface area (Å²) in [6, 6.07) is 0.361. The zero-order valence-corrected chi connectivity index (χ0v) is 6.25. The molecule has 2 heterocycles. The van der Waals surface area contributed by atoms with Gasteiger partial charge in [0.2, 0.25) is 0 Å². The van der Waals surface area contributed by atoms with E-state index in [0.29, 0.717) is 6.04 Å². The van der Waals surface area contributed by atoms with E-state index in [2.05, 4.69) is 17.9 Å². The van der Waals surface area contributed by atoms with E-state index in [1.165, 1.54) is 5.57 Å². The number of aliphatic hydroxyl groups is 1. The molecule has 2 rings (SSSR count). The van der Waals surface area contributed by atoms with Crippen LogP contribution in [0.1, 0.15) is 13.3 Å². The number of aliphatic hydroxyl groups excluding tert-OH is 1. The minimum atomic E-state index is -0.0984. The van der Waals surface area contributed by atoms with E-state index in [9.17, 15) is 5.11 Å². The molecule has 2 aliphatic rings. The molecule has 0 unspecified atom stereocenters. The number of hydrogen-bond acceptors (Lipinski definition) is 2. The minimum Gasteiger partial charge on any atom is -0.391 e. The molecule has 0 spiro atoms. The van der Waals surface area contributed by atoms with Gasteiger partial charge in [0, 0.05) is 13.1 Å². The van der Waals surface area contributed by atoms with Gasteiger partial charge in [-0.1, -0.05) is 11.6 Å². The summed E-state index contributed by atoms with van der Waals surface area (Å²) in [5.74, 6) is 0. The average molecular weight is 139 g/mol. The van der Waals surface area contributed by atoms with Crippen LogP contribution in [0.2, 0.25) is 0 Å². The number of nitrogens with zero attached hydrogens (tertiary/aromatic N) is 1. The van der Waals surface area contributed by atoms with E-state index in [1.54, 1.807) is 0 Å². The van der Waals surface area contributed by atoms with E-state index in [0.717, 1.165) is 19.5 Å². The topological polar surface area (TPSA) is 23.5 Å². The van der Waals surface area contributed by atoms with Gasteiger partial charge < -0.3 is 5.11 Å². The van der Waals surface area contributed by atoms with Gasteiger partial charge in [-0.05, 0) is 13.3 Å². The zero-order chi connectivity index (χ0) is 7.14. The fourth-order valence-corrected chi connectivity index (χ4v) is 2.02. The van der Waals surface area contributed by atoms with E-state index in [4.69, 9.17) is 0 Å². The van der Waals surface area contributed by atoms with Crippen molar-refractivity contribution in [1.82, 2.24) is 4.90 Å². The van der Waals surface area contributed by atoms with E-state index >= 15 is 0 Å². The Labute approximate surface area is 61.1 Å². The summed E-state index contributed by atoms with van der Waals surface area (Å²) < 4.78 is 0. The first-order valence-corrected chi connectivity index (χ1v) is 3.88. The van der Waals surface area contributed by atoms with Crippen molar-refractivity contribution in [2.75, 3.05) is 13.1 Å². The molecule has 0 bridgehead atoms. The normalized spacial score (nSPS) is 40.0. The van der Waals surface area contributed by atoms with Crippen LogP contribution in [0.3, 0.4) is 0 Å².